The van der Waals surface area contributed by atoms with Crippen molar-refractivity contribution in [1.82, 2.24) is 9.62 Å². The summed E-state index contributed by atoms with van der Waals surface area (Å²) < 4.78 is 68.2. The van der Waals surface area contributed by atoms with Crippen LogP contribution in [-0.2, 0) is 11.0 Å². The van der Waals surface area contributed by atoms with Gasteiger partial charge in [-0.1, -0.05) is 27.2 Å². The first-order chi connectivity index (χ1) is 16.8. The highest BCUT2D eigenvalue weighted by molar-refractivity contribution is 9.10. The van der Waals surface area contributed by atoms with Crippen molar-refractivity contribution in [2.24, 2.45) is 5.16 Å². The van der Waals surface area contributed by atoms with Crippen molar-refractivity contribution in [2.75, 3.05) is 17.6 Å². The topological polar surface area (TPSA) is 91.3 Å². The summed E-state index contributed by atoms with van der Waals surface area (Å²) in [6, 6.07) is 3.71. The Morgan fingerprint density at radius 3 is 2.25 bits per heavy atom. The fraction of sp³-hybridized carbons (Fsp3) is 0.200. The van der Waals surface area contributed by atoms with Gasteiger partial charge >= 0.3 is 18.3 Å². The molecule has 0 aliphatic heterocycles. The molecule has 0 fully saturated rings. The Bertz CT molecular complexity index is 1180. The van der Waals surface area contributed by atoms with Gasteiger partial charge in [0, 0.05) is 11.5 Å². The average Bonchev–Trinajstić information content (AvgIpc) is 2.79. The first kappa shape index (κ1) is 29.4. The highest BCUT2D eigenvalue weighted by Crippen LogP contribution is 2.38. The molecule has 2 rings (SSSR count). The molecule has 36 heavy (non-hydrogen) atoms. The highest BCUT2D eigenvalue weighted by atomic mass is 79.9. The maximum atomic E-state index is 14.0. The number of anilines is 1. The Balaban J connectivity index is 2.39. The Morgan fingerprint density at radius 2 is 1.72 bits per heavy atom. The Hall–Kier alpha value is -2.85. The van der Waals surface area contributed by atoms with Crippen LogP contribution in [0, 0.1) is 11.6 Å². The molecule has 4 amide bonds. The van der Waals surface area contributed by atoms with Crippen LogP contribution in [0.2, 0.25) is 0 Å². The summed E-state index contributed by atoms with van der Waals surface area (Å²) in [5, 5.41) is 5.67. The van der Waals surface area contributed by atoms with E-state index in [1.807, 2.05) is 0 Å². The number of carbonyl (C=O) groups is 3. The highest BCUT2D eigenvalue weighted by Gasteiger charge is 2.34. The standard InChI is InChI=1S/C20H16BrF5N4O4S2/c1-10(35-3)28-34-19(33)29(2)36-30(11-7-8-12(13(21)9-11)20(24,25)26)18(32)27-17(31)16-14(22)5-4-6-15(16)23/h4-9H,1-3H3,(H,27,31,32)/b28-10+. The third-order valence-corrected chi connectivity index (χ3v) is 6.35. The molecule has 0 atom stereocenters. The molecule has 0 spiro atoms. The zero-order chi connectivity index (χ0) is 27.2. The zero-order valence-corrected chi connectivity index (χ0v) is 21.7. The van der Waals surface area contributed by atoms with Crippen molar-refractivity contribution < 1.29 is 41.2 Å². The SMILES string of the molecule is CS/C(C)=N/OC(=O)N(C)SN(C(=O)NC(=O)c1c(F)cccc1F)c1ccc(C(F)(F)F)c(Br)c1. The first-order valence-electron chi connectivity index (χ1n) is 9.43. The quantitative estimate of drug-likeness (QED) is 0.104. The molecule has 0 aromatic heterocycles. The molecule has 0 saturated carbocycles. The van der Waals surface area contributed by atoms with Crippen LogP contribution in [0.25, 0.3) is 0 Å². The van der Waals surface area contributed by atoms with E-state index in [1.54, 1.807) is 18.5 Å². The molecule has 2 aromatic carbocycles. The number of halogens is 6. The minimum Gasteiger partial charge on any atom is -0.296 e. The maximum absolute atomic E-state index is 14.0. The number of hydrogen-bond acceptors (Lipinski definition) is 7. The van der Waals surface area contributed by atoms with Crippen LogP contribution in [0.4, 0.5) is 37.2 Å². The Morgan fingerprint density at radius 1 is 1.11 bits per heavy atom. The van der Waals surface area contributed by atoms with Crippen LogP contribution in [-0.4, -0.2) is 40.7 Å². The molecule has 16 heteroatoms. The summed E-state index contributed by atoms with van der Waals surface area (Å²) in [6.07, 6.45) is -4.12. The minimum atomic E-state index is -4.72. The van der Waals surface area contributed by atoms with E-state index in [4.69, 9.17) is 4.84 Å². The van der Waals surface area contributed by atoms with Crippen LogP contribution in [0.3, 0.4) is 0 Å². The Labute approximate surface area is 218 Å². The first-order valence-corrected chi connectivity index (χ1v) is 12.2. The second kappa shape index (κ2) is 12.4. The van der Waals surface area contributed by atoms with E-state index < -0.39 is 51.4 Å². The predicted molar refractivity (Wildman–Crippen MR) is 129 cm³/mol. The van der Waals surface area contributed by atoms with E-state index in [1.165, 1.54) is 11.8 Å². The molecule has 0 radical (unpaired) electrons. The number of carbonyl (C=O) groups excluding carboxylic acids is 3. The number of nitrogens with one attached hydrogen (secondary N) is 1. The minimum absolute atomic E-state index is 0.234. The molecule has 0 bridgehead atoms. The van der Waals surface area contributed by atoms with Crippen molar-refractivity contribution in [1.29, 1.82) is 0 Å². The molecule has 0 aliphatic carbocycles. The number of oxime groups is 1. The maximum Gasteiger partial charge on any atom is 0.447 e. The predicted octanol–water partition coefficient (Wildman–Crippen LogP) is 6.43. The van der Waals surface area contributed by atoms with Gasteiger partial charge in [-0.15, -0.1) is 11.8 Å². The van der Waals surface area contributed by atoms with Crippen molar-refractivity contribution in [2.45, 2.75) is 13.1 Å². The van der Waals surface area contributed by atoms with Gasteiger partial charge in [0.1, 0.15) is 22.2 Å². The molecule has 0 unspecified atom stereocenters. The van der Waals surface area contributed by atoms with Crippen molar-refractivity contribution in [3.05, 3.63) is 63.6 Å². The summed E-state index contributed by atoms with van der Waals surface area (Å²) in [6.45, 7) is 1.55. The van der Waals surface area contributed by atoms with Crippen molar-refractivity contribution in [3.63, 3.8) is 0 Å². The zero-order valence-electron chi connectivity index (χ0n) is 18.5. The third-order valence-electron chi connectivity index (χ3n) is 4.10. The fourth-order valence-corrected chi connectivity index (χ4v) is 3.72. The van der Waals surface area contributed by atoms with Gasteiger partial charge in [-0.2, -0.15) is 13.2 Å². The van der Waals surface area contributed by atoms with Gasteiger partial charge in [0.25, 0.3) is 5.91 Å². The number of rotatable bonds is 5. The van der Waals surface area contributed by atoms with Gasteiger partial charge in [-0.25, -0.2) is 27.0 Å². The molecule has 0 aliphatic rings. The van der Waals surface area contributed by atoms with Crippen LogP contribution >= 0.6 is 39.8 Å². The molecule has 194 valence electrons. The van der Waals surface area contributed by atoms with Crippen LogP contribution in [0.5, 0.6) is 0 Å². The molecule has 0 saturated heterocycles. The van der Waals surface area contributed by atoms with E-state index in [-0.39, 0.29) is 5.69 Å². The average molecular weight is 615 g/mol. The molecule has 2 aromatic rings. The van der Waals surface area contributed by atoms with Gasteiger partial charge < -0.3 is 0 Å². The van der Waals surface area contributed by atoms with E-state index in [9.17, 15) is 36.3 Å². The number of thioether (sulfide) groups is 1. The number of alkyl halides is 3. The molecule has 0 heterocycles. The van der Waals surface area contributed by atoms with Crippen LogP contribution in [0.15, 0.2) is 46.0 Å². The van der Waals surface area contributed by atoms with E-state index >= 15 is 0 Å². The van der Waals surface area contributed by atoms with E-state index in [0.717, 1.165) is 41.7 Å². The molecular formula is C20H16BrF5N4O4S2. The summed E-state index contributed by atoms with van der Waals surface area (Å²) in [5.41, 5.74) is -2.35. The summed E-state index contributed by atoms with van der Waals surface area (Å²) in [4.78, 5) is 42.2. The molecule has 1 N–H and O–H groups in total. The second-order valence-corrected chi connectivity index (χ2v) is 9.49. The number of benzene rings is 2. The summed E-state index contributed by atoms with van der Waals surface area (Å²) >= 11 is 4.26. The van der Waals surface area contributed by atoms with Crippen molar-refractivity contribution in [3.8, 4) is 0 Å². The number of hydrogen-bond donors (Lipinski definition) is 1. The van der Waals surface area contributed by atoms with Crippen LogP contribution < -0.4 is 9.62 Å². The van der Waals surface area contributed by atoms with E-state index in [2.05, 4.69) is 21.1 Å². The van der Waals surface area contributed by atoms with Gasteiger partial charge in [0.15, 0.2) is 0 Å². The van der Waals surface area contributed by atoms with Crippen LogP contribution in [0.1, 0.15) is 22.8 Å². The lowest BCUT2D eigenvalue weighted by Crippen LogP contribution is -2.42. The number of urea groups is 1. The largest absolute Gasteiger partial charge is 0.447 e. The van der Waals surface area contributed by atoms with Gasteiger partial charge in [-0.05, 0) is 43.5 Å². The third kappa shape index (κ3) is 7.57. The summed E-state index contributed by atoms with van der Waals surface area (Å²) in [5.74, 6) is -3.96. The number of amides is 4. The molecular weight excluding hydrogens is 599 g/mol. The Kier molecular flexibility index (Phi) is 10.1. The van der Waals surface area contributed by atoms with Gasteiger partial charge in [0.05, 0.1) is 23.4 Å². The van der Waals surface area contributed by atoms with Gasteiger partial charge in [0.2, 0.25) is 0 Å². The smallest absolute Gasteiger partial charge is 0.296 e. The number of nitrogens with zero attached hydrogens (tertiary/aromatic N) is 3. The lowest BCUT2D eigenvalue weighted by molar-refractivity contribution is -0.138. The fourth-order valence-electron chi connectivity index (χ4n) is 2.34. The lowest BCUT2D eigenvalue weighted by atomic mass is 10.2. The van der Waals surface area contributed by atoms with Crippen molar-refractivity contribution >= 4 is 68.6 Å². The van der Waals surface area contributed by atoms with Gasteiger partial charge in [-0.3, -0.25) is 14.9 Å². The van der Waals surface area contributed by atoms with E-state index in [0.29, 0.717) is 27.5 Å². The second-order valence-electron chi connectivity index (χ2n) is 6.56. The normalized spacial score (nSPS) is 11.6. The lowest BCUT2D eigenvalue weighted by Gasteiger charge is -2.25. The summed E-state index contributed by atoms with van der Waals surface area (Å²) in [7, 11) is 1.15. The number of imide groups is 1. The molecule has 8 nitrogen and oxygen atoms in total. The monoisotopic (exact) mass is 614 g/mol.